The number of amides is 1. The van der Waals surface area contributed by atoms with Crippen molar-refractivity contribution < 1.29 is 66.4 Å². The molecule has 50 heavy (non-hydrogen) atoms. The lowest BCUT2D eigenvalue weighted by atomic mass is 10.2. The van der Waals surface area contributed by atoms with E-state index in [1.807, 2.05) is 44.2 Å². The minimum Gasteiger partial charge on any atom is -0.445 e. The van der Waals surface area contributed by atoms with Crippen molar-refractivity contribution in [2.45, 2.75) is 26.6 Å². The average molecular weight is 722 g/mol. The molecule has 1 rings (SSSR count). The topological polar surface area (TPSA) is 149 Å². The van der Waals surface area contributed by atoms with Crippen molar-refractivity contribution >= 4 is 6.09 Å². The van der Waals surface area contributed by atoms with E-state index in [1.54, 1.807) is 0 Å². The van der Waals surface area contributed by atoms with Gasteiger partial charge >= 0.3 is 6.09 Å². The predicted octanol–water partition coefficient (Wildman–Crippen LogP) is 2.52. The van der Waals surface area contributed by atoms with Gasteiger partial charge in [-0.15, -0.1) is 0 Å². The maximum Gasteiger partial charge on any atom is 0.407 e. The standard InChI is InChI=1S/C35H63NO14/c1-33(2)49-31-30-48-29-28-47-27-26-46-25-24-45-23-22-44-21-20-43-19-18-42-17-16-41-15-14-40-13-12-39-11-10-38-9-8-36-35(37)50-32-34-6-4-3-5-7-34/h3-7,33H,8-32H2,1-2H3,(H,36,37). The molecule has 0 aromatic heterocycles. The fourth-order valence-electron chi connectivity index (χ4n) is 3.64. The van der Waals surface area contributed by atoms with Crippen molar-refractivity contribution in [3.05, 3.63) is 35.9 Å². The van der Waals surface area contributed by atoms with Crippen LogP contribution < -0.4 is 5.32 Å². The number of hydrogen-bond donors (Lipinski definition) is 1. The van der Waals surface area contributed by atoms with Gasteiger partial charge in [0.1, 0.15) is 6.61 Å². The number of carbonyl (C=O) groups is 1. The van der Waals surface area contributed by atoms with E-state index in [-0.39, 0.29) is 12.7 Å². The Kier molecular flexibility index (Phi) is 35.2. The van der Waals surface area contributed by atoms with Gasteiger partial charge in [-0.1, -0.05) is 30.3 Å². The summed E-state index contributed by atoms with van der Waals surface area (Å²) in [5.74, 6) is 0. The molecule has 0 saturated heterocycles. The molecule has 0 unspecified atom stereocenters. The highest BCUT2D eigenvalue weighted by molar-refractivity contribution is 5.67. The number of hydrogen-bond acceptors (Lipinski definition) is 14. The highest BCUT2D eigenvalue weighted by Crippen LogP contribution is 2.00. The van der Waals surface area contributed by atoms with Crippen molar-refractivity contribution in [1.29, 1.82) is 0 Å². The fraction of sp³-hybridized carbons (Fsp3) is 0.800. The van der Waals surface area contributed by atoms with Crippen LogP contribution in [-0.4, -0.2) is 171 Å². The Balaban J connectivity index is 1.63. The van der Waals surface area contributed by atoms with Crippen LogP contribution in [0.3, 0.4) is 0 Å². The number of ether oxygens (including phenoxy) is 13. The first kappa shape index (κ1) is 46.0. The third kappa shape index (κ3) is 35.8. The maximum absolute atomic E-state index is 11.6. The number of rotatable bonds is 39. The van der Waals surface area contributed by atoms with Crippen LogP contribution in [0.25, 0.3) is 0 Å². The highest BCUT2D eigenvalue weighted by atomic mass is 16.6. The van der Waals surface area contributed by atoms with Crippen molar-refractivity contribution in [2.75, 3.05) is 159 Å². The van der Waals surface area contributed by atoms with Crippen LogP contribution in [0.4, 0.5) is 4.79 Å². The first-order valence-corrected chi connectivity index (χ1v) is 17.6. The summed E-state index contributed by atoms with van der Waals surface area (Å²) in [5.41, 5.74) is 0.937. The molecular formula is C35H63NO14. The molecule has 0 aliphatic rings. The first-order valence-electron chi connectivity index (χ1n) is 17.6. The van der Waals surface area contributed by atoms with Crippen LogP contribution in [-0.2, 0) is 68.2 Å². The Labute approximate surface area is 298 Å². The number of carbonyl (C=O) groups excluding carboxylic acids is 1. The van der Waals surface area contributed by atoms with E-state index in [4.69, 9.17) is 61.6 Å². The minimum absolute atomic E-state index is 0.226. The maximum atomic E-state index is 11.6. The lowest BCUT2D eigenvalue weighted by Crippen LogP contribution is -2.28. The Morgan fingerprint density at radius 1 is 0.460 bits per heavy atom. The molecule has 292 valence electrons. The second kappa shape index (κ2) is 38.2. The summed E-state index contributed by atoms with van der Waals surface area (Å²) >= 11 is 0. The van der Waals surface area contributed by atoms with Crippen molar-refractivity contribution in [2.24, 2.45) is 0 Å². The summed E-state index contributed by atoms with van der Waals surface area (Å²) in [6.45, 7) is 16.1. The van der Waals surface area contributed by atoms with Crippen LogP contribution >= 0.6 is 0 Å². The van der Waals surface area contributed by atoms with Gasteiger partial charge in [0.15, 0.2) is 0 Å². The van der Waals surface area contributed by atoms with Gasteiger partial charge in [0.2, 0.25) is 0 Å². The van der Waals surface area contributed by atoms with Crippen molar-refractivity contribution in [3.63, 3.8) is 0 Å². The van der Waals surface area contributed by atoms with E-state index in [1.165, 1.54) is 0 Å². The van der Waals surface area contributed by atoms with E-state index >= 15 is 0 Å². The van der Waals surface area contributed by atoms with Crippen LogP contribution in [0, 0.1) is 0 Å². The van der Waals surface area contributed by atoms with Gasteiger partial charge in [0.05, 0.1) is 158 Å². The normalized spacial score (nSPS) is 11.4. The molecule has 1 aromatic carbocycles. The van der Waals surface area contributed by atoms with E-state index in [2.05, 4.69) is 5.32 Å². The third-order valence-electron chi connectivity index (χ3n) is 6.13. The molecule has 0 spiro atoms. The molecule has 0 aliphatic heterocycles. The average Bonchev–Trinajstić information content (AvgIpc) is 3.12. The van der Waals surface area contributed by atoms with E-state index < -0.39 is 6.09 Å². The van der Waals surface area contributed by atoms with Gasteiger partial charge in [-0.05, 0) is 19.4 Å². The molecule has 0 fully saturated rings. The molecule has 1 N–H and O–H groups in total. The van der Waals surface area contributed by atoms with Gasteiger partial charge in [-0.2, -0.15) is 0 Å². The lowest BCUT2D eigenvalue weighted by Gasteiger charge is -2.09. The van der Waals surface area contributed by atoms with Crippen LogP contribution in [0.1, 0.15) is 19.4 Å². The van der Waals surface area contributed by atoms with Gasteiger partial charge < -0.3 is 66.9 Å². The van der Waals surface area contributed by atoms with Crippen LogP contribution in [0.15, 0.2) is 30.3 Å². The molecule has 0 atom stereocenters. The van der Waals surface area contributed by atoms with Crippen LogP contribution in [0.5, 0.6) is 0 Å². The first-order chi connectivity index (χ1) is 24.7. The Bertz CT molecular complexity index is 824. The summed E-state index contributed by atoms with van der Waals surface area (Å²) in [7, 11) is 0. The quantitative estimate of drug-likeness (QED) is 0.0993. The molecule has 0 radical (unpaired) electrons. The summed E-state index contributed by atoms with van der Waals surface area (Å²) < 4.78 is 70.6. The zero-order chi connectivity index (χ0) is 35.8. The molecule has 15 heteroatoms. The smallest absolute Gasteiger partial charge is 0.407 e. The zero-order valence-electron chi connectivity index (χ0n) is 30.4. The minimum atomic E-state index is -0.469. The highest BCUT2D eigenvalue weighted by Gasteiger charge is 2.02. The number of benzene rings is 1. The molecule has 0 aliphatic carbocycles. The molecule has 15 nitrogen and oxygen atoms in total. The molecular weight excluding hydrogens is 658 g/mol. The lowest BCUT2D eigenvalue weighted by molar-refractivity contribution is -0.0292. The second-order valence-corrected chi connectivity index (χ2v) is 10.6. The summed E-state index contributed by atoms with van der Waals surface area (Å²) in [6, 6.07) is 9.51. The molecule has 0 heterocycles. The van der Waals surface area contributed by atoms with Gasteiger partial charge in [0, 0.05) is 6.54 Å². The Hall–Kier alpha value is -1.99. The van der Waals surface area contributed by atoms with Gasteiger partial charge in [-0.25, -0.2) is 4.79 Å². The molecule has 1 amide bonds. The number of nitrogens with one attached hydrogen (secondary N) is 1. The monoisotopic (exact) mass is 721 g/mol. The Morgan fingerprint density at radius 3 is 1.08 bits per heavy atom. The largest absolute Gasteiger partial charge is 0.445 e. The summed E-state index contributed by atoms with van der Waals surface area (Å²) in [6.07, 6.45) is -0.243. The third-order valence-corrected chi connectivity index (χ3v) is 6.13. The van der Waals surface area contributed by atoms with E-state index in [0.717, 1.165) is 5.56 Å². The zero-order valence-corrected chi connectivity index (χ0v) is 30.4. The molecule has 0 saturated carbocycles. The van der Waals surface area contributed by atoms with Gasteiger partial charge in [-0.3, -0.25) is 0 Å². The van der Waals surface area contributed by atoms with E-state index in [0.29, 0.717) is 159 Å². The van der Waals surface area contributed by atoms with Gasteiger partial charge in [0.25, 0.3) is 0 Å². The molecule has 1 aromatic rings. The second-order valence-electron chi connectivity index (χ2n) is 10.6. The van der Waals surface area contributed by atoms with Crippen molar-refractivity contribution in [3.8, 4) is 0 Å². The Morgan fingerprint density at radius 2 is 0.760 bits per heavy atom. The fourth-order valence-corrected chi connectivity index (χ4v) is 3.64. The summed E-state index contributed by atoms with van der Waals surface area (Å²) in [4.78, 5) is 11.6. The van der Waals surface area contributed by atoms with E-state index in [9.17, 15) is 4.79 Å². The number of alkyl carbamates (subject to hydrolysis) is 1. The molecule has 0 bridgehead atoms. The predicted molar refractivity (Wildman–Crippen MR) is 185 cm³/mol. The van der Waals surface area contributed by atoms with Crippen LogP contribution in [0.2, 0.25) is 0 Å². The van der Waals surface area contributed by atoms with Crippen molar-refractivity contribution in [1.82, 2.24) is 5.32 Å². The summed E-state index contributed by atoms with van der Waals surface area (Å²) in [5, 5.41) is 2.64. The SMILES string of the molecule is CC(C)OCCOCCOCCOCCOCCOCCOCCOCCOCCOCCOCCOCCNC(=O)OCc1ccccc1.